The molecular formula is C24H26N4O2. The first-order valence-corrected chi connectivity index (χ1v) is 10.5. The molecule has 0 spiro atoms. The van der Waals surface area contributed by atoms with Gasteiger partial charge >= 0.3 is 0 Å². The number of carbonyl (C=O) groups is 2. The van der Waals surface area contributed by atoms with Gasteiger partial charge < -0.3 is 10.6 Å². The second-order valence-electron chi connectivity index (χ2n) is 7.92. The molecule has 2 aromatic heterocycles. The third-order valence-corrected chi connectivity index (χ3v) is 5.82. The van der Waals surface area contributed by atoms with E-state index in [4.69, 9.17) is 0 Å². The summed E-state index contributed by atoms with van der Waals surface area (Å²) in [5.41, 5.74) is 1.45. The number of aromatic nitrogens is 2. The summed E-state index contributed by atoms with van der Waals surface area (Å²) >= 11 is 0. The number of amides is 2. The highest BCUT2D eigenvalue weighted by Gasteiger charge is 2.26. The molecule has 2 N–H and O–H groups in total. The molecule has 1 aliphatic carbocycles. The summed E-state index contributed by atoms with van der Waals surface area (Å²) in [5.74, 6) is 0.423. The summed E-state index contributed by atoms with van der Waals surface area (Å²) in [5, 5.41) is 8.06. The van der Waals surface area contributed by atoms with Crippen LogP contribution in [-0.4, -0.2) is 28.3 Å². The molecule has 1 fully saturated rings. The van der Waals surface area contributed by atoms with E-state index in [2.05, 4.69) is 20.6 Å². The molecule has 2 amide bonds. The zero-order valence-corrected chi connectivity index (χ0v) is 16.9. The fourth-order valence-corrected chi connectivity index (χ4v) is 4.00. The van der Waals surface area contributed by atoms with Crippen LogP contribution in [-0.2, 0) is 11.3 Å². The average molecular weight is 402 g/mol. The molecule has 154 valence electrons. The van der Waals surface area contributed by atoms with E-state index in [1.54, 1.807) is 18.6 Å². The van der Waals surface area contributed by atoms with E-state index in [0.717, 1.165) is 42.0 Å². The van der Waals surface area contributed by atoms with Crippen molar-refractivity contribution in [1.29, 1.82) is 0 Å². The van der Waals surface area contributed by atoms with Crippen molar-refractivity contribution < 1.29 is 9.59 Å². The Balaban J connectivity index is 1.21. The van der Waals surface area contributed by atoms with Crippen LogP contribution in [0, 0.1) is 11.8 Å². The van der Waals surface area contributed by atoms with Crippen molar-refractivity contribution in [2.75, 3.05) is 6.54 Å². The minimum absolute atomic E-state index is 0.0516. The summed E-state index contributed by atoms with van der Waals surface area (Å²) in [6.07, 6.45) is 8.82. The van der Waals surface area contributed by atoms with E-state index in [1.165, 1.54) is 0 Å². The number of benzene rings is 1. The Morgan fingerprint density at radius 1 is 0.933 bits per heavy atom. The first-order valence-electron chi connectivity index (χ1n) is 10.5. The predicted molar refractivity (Wildman–Crippen MR) is 116 cm³/mol. The lowest BCUT2D eigenvalue weighted by Gasteiger charge is -2.27. The van der Waals surface area contributed by atoms with Crippen LogP contribution < -0.4 is 10.6 Å². The molecule has 0 saturated heterocycles. The molecule has 4 rings (SSSR count). The van der Waals surface area contributed by atoms with E-state index >= 15 is 0 Å². The number of fused-ring (bicyclic) bond motifs is 1. The molecule has 1 aliphatic rings. The van der Waals surface area contributed by atoms with Crippen LogP contribution in [0.5, 0.6) is 0 Å². The van der Waals surface area contributed by atoms with Crippen LogP contribution in [0.4, 0.5) is 0 Å². The summed E-state index contributed by atoms with van der Waals surface area (Å²) < 4.78 is 0. The lowest BCUT2D eigenvalue weighted by molar-refractivity contribution is -0.126. The third-order valence-electron chi connectivity index (χ3n) is 5.82. The van der Waals surface area contributed by atoms with Crippen LogP contribution in [0.1, 0.15) is 41.7 Å². The van der Waals surface area contributed by atoms with Crippen molar-refractivity contribution >= 4 is 22.6 Å². The first-order chi connectivity index (χ1) is 14.7. The quantitative estimate of drug-likeness (QED) is 0.661. The number of pyridine rings is 2. The normalized spacial score (nSPS) is 18.7. The van der Waals surface area contributed by atoms with E-state index in [0.29, 0.717) is 24.7 Å². The Morgan fingerprint density at radius 2 is 1.73 bits per heavy atom. The molecule has 6 heteroatoms. The summed E-state index contributed by atoms with van der Waals surface area (Å²) in [4.78, 5) is 33.3. The molecule has 3 aromatic rings. The van der Waals surface area contributed by atoms with Gasteiger partial charge in [-0.3, -0.25) is 19.6 Å². The van der Waals surface area contributed by atoms with Crippen LogP contribution in [0.3, 0.4) is 0 Å². The maximum absolute atomic E-state index is 12.5. The Hall–Kier alpha value is -3.28. The molecule has 1 aromatic carbocycles. The van der Waals surface area contributed by atoms with Gasteiger partial charge in [-0.2, -0.15) is 0 Å². The number of hydrogen-bond donors (Lipinski definition) is 2. The van der Waals surface area contributed by atoms with E-state index in [-0.39, 0.29) is 17.7 Å². The largest absolute Gasteiger partial charge is 0.352 e. The molecule has 0 atom stereocenters. The lowest BCUT2D eigenvalue weighted by Crippen LogP contribution is -2.36. The van der Waals surface area contributed by atoms with Crippen molar-refractivity contribution in [3.05, 3.63) is 72.3 Å². The fraction of sp³-hybridized carbons (Fsp3) is 0.333. The van der Waals surface area contributed by atoms with Gasteiger partial charge in [0.15, 0.2) is 0 Å². The first kappa shape index (κ1) is 20.0. The van der Waals surface area contributed by atoms with Gasteiger partial charge in [0.25, 0.3) is 5.91 Å². The van der Waals surface area contributed by atoms with Gasteiger partial charge in [0.1, 0.15) is 5.69 Å². The maximum atomic E-state index is 12.5. The van der Waals surface area contributed by atoms with Crippen LogP contribution in [0.25, 0.3) is 10.8 Å². The predicted octanol–water partition coefficient (Wildman–Crippen LogP) is 3.48. The highest BCUT2D eigenvalue weighted by Crippen LogP contribution is 2.28. The molecule has 0 aliphatic heterocycles. The van der Waals surface area contributed by atoms with Gasteiger partial charge in [-0.15, -0.1) is 0 Å². The van der Waals surface area contributed by atoms with Crippen molar-refractivity contribution in [3.63, 3.8) is 0 Å². The monoisotopic (exact) mass is 402 g/mol. The number of hydrogen-bond acceptors (Lipinski definition) is 4. The van der Waals surface area contributed by atoms with Gasteiger partial charge in [0, 0.05) is 43.0 Å². The molecule has 0 bridgehead atoms. The second kappa shape index (κ2) is 9.48. The van der Waals surface area contributed by atoms with Gasteiger partial charge in [-0.25, -0.2) is 0 Å². The average Bonchev–Trinajstić information content (AvgIpc) is 2.81. The molecule has 6 nitrogen and oxygen atoms in total. The zero-order valence-electron chi connectivity index (χ0n) is 16.9. The molecule has 0 radical (unpaired) electrons. The van der Waals surface area contributed by atoms with Crippen molar-refractivity contribution in [1.82, 2.24) is 20.6 Å². The maximum Gasteiger partial charge on any atom is 0.269 e. The molecule has 0 unspecified atom stereocenters. The zero-order chi connectivity index (χ0) is 20.8. The third kappa shape index (κ3) is 5.00. The highest BCUT2D eigenvalue weighted by molar-refractivity contribution is 5.96. The van der Waals surface area contributed by atoms with Crippen LogP contribution in [0.15, 0.2) is 61.1 Å². The minimum Gasteiger partial charge on any atom is -0.352 e. The second-order valence-corrected chi connectivity index (χ2v) is 7.92. The minimum atomic E-state index is -0.142. The topological polar surface area (TPSA) is 84.0 Å². The number of nitrogens with one attached hydrogen (secondary N) is 2. The number of nitrogens with zero attached hydrogens (tertiary/aromatic N) is 2. The van der Waals surface area contributed by atoms with Gasteiger partial charge in [0.05, 0.1) is 0 Å². The smallest absolute Gasteiger partial charge is 0.269 e. The standard InChI is InChI=1S/C24H26N4O2/c29-23(27-15-18-4-3-11-25-13-18)19-9-7-17(8-10-19)14-28-24(30)22-12-20-5-1-2-6-21(20)16-26-22/h1-6,11-13,16-17,19H,7-10,14-15H2,(H,27,29)(H,28,30). The molecule has 30 heavy (non-hydrogen) atoms. The SMILES string of the molecule is O=C(NCC1CCC(C(=O)NCc2cccnc2)CC1)c1cc2ccccc2cn1. The summed E-state index contributed by atoms with van der Waals surface area (Å²) in [7, 11) is 0. The van der Waals surface area contributed by atoms with Crippen molar-refractivity contribution in [2.45, 2.75) is 32.2 Å². The fourth-order valence-electron chi connectivity index (χ4n) is 4.00. The summed E-state index contributed by atoms with van der Waals surface area (Å²) in [6.45, 7) is 1.14. The van der Waals surface area contributed by atoms with Crippen LogP contribution in [0.2, 0.25) is 0 Å². The van der Waals surface area contributed by atoms with Crippen LogP contribution >= 0.6 is 0 Å². The highest BCUT2D eigenvalue weighted by atomic mass is 16.2. The van der Waals surface area contributed by atoms with Crippen molar-refractivity contribution in [2.24, 2.45) is 11.8 Å². The lowest BCUT2D eigenvalue weighted by atomic mass is 9.81. The van der Waals surface area contributed by atoms with E-state index < -0.39 is 0 Å². The van der Waals surface area contributed by atoms with Crippen molar-refractivity contribution in [3.8, 4) is 0 Å². The van der Waals surface area contributed by atoms with Gasteiger partial charge in [-0.05, 0) is 54.7 Å². The van der Waals surface area contributed by atoms with Gasteiger partial charge in [0.2, 0.25) is 5.91 Å². The van der Waals surface area contributed by atoms with Gasteiger partial charge in [-0.1, -0.05) is 30.3 Å². The van der Waals surface area contributed by atoms with E-state index in [9.17, 15) is 9.59 Å². The van der Waals surface area contributed by atoms with E-state index in [1.807, 2.05) is 42.5 Å². The molecule has 2 heterocycles. The Kier molecular flexibility index (Phi) is 6.32. The Morgan fingerprint density at radius 3 is 2.50 bits per heavy atom. The summed E-state index contributed by atoms with van der Waals surface area (Å²) in [6, 6.07) is 13.5. The molecular weight excluding hydrogens is 376 g/mol. The Labute approximate surface area is 176 Å². The number of rotatable bonds is 6. The number of carbonyl (C=O) groups excluding carboxylic acids is 2. The molecule has 1 saturated carbocycles. The Bertz CT molecular complexity index is 1010.